The lowest BCUT2D eigenvalue weighted by atomic mass is 10.1. The van der Waals surface area contributed by atoms with Gasteiger partial charge in [-0.3, -0.25) is 34.8 Å². The molecule has 4 rings (SSSR count). The van der Waals surface area contributed by atoms with Crippen molar-refractivity contribution in [1.29, 1.82) is 0 Å². The monoisotopic (exact) mass is 447 g/mol. The van der Waals surface area contributed by atoms with Gasteiger partial charge in [0.1, 0.15) is 0 Å². The van der Waals surface area contributed by atoms with Crippen molar-refractivity contribution in [3.63, 3.8) is 0 Å². The molecule has 0 radical (unpaired) electrons. The van der Waals surface area contributed by atoms with E-state index in [0.717, 1.165) is 5.69 Å². The van der Waals surface area contributed by atoms with Gasteiger partial charge in [0.25, 0.3) is 16.9 Å². The maximum atomic E-state index is 11.2. The Hall–Kier alpha value is -4.39. The van der Waals surface area contributed by atoms with E-state index in [9.17, 15) is 25.0 Å². The number of aliphatic imine (C=N–C) groups is 1. The molecule has 0 saturated carbocycles. The van der Waals surface area contributed by atoms with Gasteiger partial charge in [-0.1, -0.05) is 11.6 Å². The summed E-state index contributed by atoms with van der Waals surface area (Å²) < 4.78 is 0. The van der Waals surface area contributed by atoms with E-state index in [1.807, 2.05) is 0 Å². The lowest BCUT2D eigenvalue weighted by Gasteiger charge is -2.15. The minimum absolute atomic E-state index is 0.0216. The van der Waals surface area contributed by atoms with Gasteiger partial charge >= 0.3 is 0 Å². The second kappa shape index (κ2) is 10.4. The largest absolute Gasteiger partial charge is 0.372 e. The number of hydrogen-bond donors (Lipinski definition) is 3. The maximum Gasteiger partial charge on any atom is 0.270 e. The highest BCUT2D eigenvalue weighted by molar-refractivity contribution is 6.22. The van der Waals surface area contributed by atoms with Gasteiger partial charge in [0.2, 0.25) is 6.41 Å². The summed E-state index contributed by atoms with van der Waals surface area (Å²) in [6.45, 7) is 0. The average Bonchev–Trinajstić information content (AvgIpc) is 2.75. The molecule has 0 saturated heterocycles. The van der Waals surface area contributed by atoms with Crippen molar-refractivity contribution < 1.29 is 14.6 Å². The van der Waals surface area contributed by atoms with E-state index in [0.29, 0.717) is 11.1 Å². The Morgan fingerprint density at radius 2 is 1.71 bits per heavy atom. The van der Waals surface area contributed by atoms with Crippen LogP contribution in [-0.4, -0.2) is 32.6 Å². The number of alkyl halides is 1. The molecule has 14 heteroatoms. The SMILES string of the molecule is NC=O.O=[N+]([O-])c1ccc2c(c1)C(Cl)N=CN2.O=c1[nH]cnc2ccc([N+](=O)[O-])cc12. The lowest BCUT2D eigenvalue weighted by Crippen LogP contribution is -2.07. The highest BCUT2D eigenvalue weighted by Gasteiger charge is 2.18. The summed E-state index contributed by atoms with van der Waals surface area (Å²) in [6.07, 6.45) is 2.99. The number of aromatic nitrogens is 2. The number of H-pyrrole nitrogens is 1. The van der Waals surface area contributed by atoms with Crippen LogP contribution < -0.4 is 16.6 Å². The predicted octanol–water partition coefficient (Wildman–Crippen LogP) is 2.22. The summed E-state index contributed by atoms with van der Waals surface area (Å²) in [4.78, 5) is 49.8. The number of carbonyl (C=O) groups excluding carboxylic acids is 1. The van der Waals surface area contributed by atoms with Gasteiger partial charge in [0, 0.05) is 35.5 Å². The van der Waals surface area contributed by atoms with Crippen LogP contribution in [0, 0.1) is 20.2 Å². The molecule has 1 amide bonds. The molecule has 0 spiro atoms. The Kier molecular flexibility index (Phi) is 7.68. The highest BCUT2D eigenvalue weighted by atomic mass is 35.5. The van der Waals surface area contributed by atoms with E-state index in [-0.39, 0.29) is 28.7 Å². The summed E-state index contributed by atoms with van der Waals surface area (Å²) in [5, 5.41) is 24.0. The Morgan fingerprint density at radius 1 is 1.10 bits per heavy atom. The number of nitrogens with zero attached hydrogens (tertiary/aromatic N) is 4. The summed E-state index contributed by atoms with van der Waals surface area (Å²) in [5.41, 5.74) is 4.97. The molecule has 2 heterocycles. The molecule has 160 valence electrons. The van der Waals surface area contributed by atoms with Crippen LogP contribution in [0.4, 0.5) is 17.1 Å². The first kappa shape index (κ1) is 22.9. The number of fused-ring (bicyclic) bond motifs is 2. The third-order valence-electron chi connectivity index (χ3n) is 3.76. The van der Waals surface area contributed by atoms with Crippen molar-refractivity contribution in [3.8, 4) is 0 Å². The topological polar surface area (TPSA) is 200 Å². The zero-order valence-corrected chi connectivity index (χ0v) is 16.2. The first-order chi connectivity index (χ1) is 14.8. The van der Waals surface area contributed by atoms with Crippen molar-refractivity contribution in [1.82, 2.24) is 9.97 Å². The molecule has 1 aliphatic heterocycles. The fraction of sp³-hybridized carbons (Fsp3) is 0.0588. The molecule has 1 atom stereocenters. The number of hydrogen-bond acceptors (Lipinski definition) is 9. The normalized spacial score (nSPS) is 13.4. The molecular formula is C17H14ClN7O6. The van der Waals surface area contributed by atoms with Crippen molar-refractivity contribution in [2.75, 3.05) is 5.32 Å². The molecule has 3 aromatic rings. The molecule has 31 heavy (non-hydrogen) atoms. The standard InChI is InChI=1S/C8H6ClN3O2.C8H5N3O3.CH3NO/c9-8-6-3-5(12(13)14)1-2-7(6)10-4-11-8;12-8-6-3-5(11(13)14)1-2-7(6)9-4-10-8;2-1-3/h1-4,8H,(H,10,11);1-4H,(H,9,10,12);1H,(H2,2,3). The van der Waals surface area contributed by atoms with Crippen LogP contribution in [0.25, 0.3) is 10.9 Å². The molecule has 4 N–H and O–H groups in total. The van der Waals surface area contributed by atoms with Crippen LogP contribution >= 0.6 is 11.6 Å². The Labute approximate surface area is 177 Å². The molecule has 0 fully saturated rings. The fourth-order valence-corrected chi connectivity index (χ4v) is 2.65. The van der Waals surface area contributed by atoms with E-state index >= 15 is 0 Å². The number of nitro benzene ring substituents is 2. The number of non-ortho nitro benzene ring substituents is 2. The third-order valence-corrected chi connectivity index (χ3v) is 4.11. The number of benzene rings is 2. The molecular weight excluding hydrogens is 434 g/mol. The first-order valence-corrected chi connectivity index (χ1v) is 8.70. The van der Waals surface area contributed by atoms with Crippen molar-refractivity contribution >= 4 is 52.3 Å². The van der Waals surface area contributed by atoms with Gasteiger partial charge in [-0.25, -0.2) is 4.98 Å². The molecule has 1 unspecified atom stereocenters. The van der Waals surface area contributed by atoms with Crippen LogP contribution in [0.3, 0.4) is 0 Å². The summed E-state index contributed by atoms with van der Waals surface area (Å²) in [7, 11) is 0. The minimum atomic E-state index is -0.550. The number of aromatic amines is 1. The third kappa shape index (κ3) is 5.80. The zero-order valence-electron chi connectivity index (χ0n) is 15.5. The average molecular weight is 448 g/mol. The quantitative estimate of drug-likeness (QED) is 0.174. The van der Waals surface area contributed by atoms with Crippen LogP contribution in [-0.2, 0) is 4.79 Å². The minimum Gasteiger partial charge on any atom is -0.372 e. The Balaban J connectivity index is 0.000000196. The second-order valence-corrected chi connectivity index (χ2v) is 6.03. The number of nitro groups is 2. The number of halogens is 1. The van der Waals surface area contributed by atoms with E-state index in [4.69, 9.17) is 16.4 Å². The van der Waals surface area contributed by atoms with Crippen LogP contribution in [0.15, 0.2) is 52.5 Å². The lowest BCUT2D eigenvalue weighted by molar-refractivity contribution is -0.385. The number of rotatable bonds is 2. The van der Waals surface area contributed by atoms with Gasteiger partial charge in [-0.05, 0) is 12.1 Å². The second-order valence-electron chi connectivity index (χ2n) is 5.61. The number of anilines is 1. The number of primary amides is 1. The summed E-state index contributed by atoms with van der Waals surface area (Å²) in [5.74, 6) is 0. The molecule has 0 bridgehead atoms. The Bertz CT molecular complexity index is 1210. The molecule has 1 aromatic heterocycles. The number of carbonyl (C=O) groups is 1. The zero-order chi connectivity index (χ0) is 23.0. The number of nitrogens with one attached hydrogen (secondary N) is 2. The van der Waals surface area contributed by atoms with E-state index in [1.165, 1.54) is 43.0 Å². The summed E-state index contributed by atoms with van der Waals surface area (Å²) in [6, 6.07) is 8.44. The molecule has 0 aliphatic carbocycles. The molecule has 1 aliphatic rings. The van der Waals surface area contributed by atoms with Gasteiger partial charge in [0.05, 0.1) is 33.4 Å². The maximum absolute atomic E-state index is 11.2. The van der Waals surface area contributed by atoms with Gasteiger partial charge in [-0.15, -0.1) is 0 Å². The van der Waals surface area contributed by atoms with Crippen molar-refractivity contribution in [3.05, 3.63) is 78.9 Å². The smallest absolute Gasteiger partial charge is 0.270 e. The van der Waals surface area contributed by atoms with E-state index in [2.05, 4.69) is 26.0 Å². The number of amides is 1. The fourth-order valence-electron chi connectivity index (χ4n) is 2.41. The van der Waals surface area contributed by atoms with Crippen molar-refractivity contribution in [2.24, 2.45) is 10.7 Å². The van der Waals surface area contributed by atoms with Gasteiger partial charge in [0.15, 0.2) is 5.50 Å². The van der Waals surface area contributed by atoms with Crippen molar-refractivity contribution in [2.45, 2.75) is 5.50 Å². The van der Waals surface area contributed by atoms with Crippen LogP contribution in [0.1, 0.15) is 11.1 Å². The van der Waals surface area contributed by atoms with Gasteiger partial charge in [-0.2, -0.15) is 0 Å². The van der Waals surface area contributed by atoms with E-state index < -0.39 is 15.3 Å². The van der Waals surface area contributed by atoms with Crippen LogP contribution in [0.2, 0.25) is 0 Å². The molecule has 2 aromatic carbocycles. The van der Waals surface area contributed by atoms with Gasteiger partial charge < -0.3 is 16.0 Å². The predicted molar refractivity (Wildman–Crippen MR) is 113 cm³/mol. The molecule has 13 nitrogen and oxygen atoms in total. The van der Waals surface area contributed by atoms with Crippen LogP contribution in [0.5, 0.6) is 0 Å². The highest BCUT2D eigenvalue weighted by Crippen LogP contribution is 2.33. The van der Waals surface area contributed by atoms with E-state index in [1.54, 1.807) is 6.07 Å². The Morgan fingerprint density at radius 3 is 2.35 bits per heavy atom. The number of nitrogens with two attached hydrogens (primary N) is 1. The summed E-state index contributed by atoms with van der Waals surface area (Å²) >= 11 is 5.86. The first-order valence-electron chi connectivity index (χ1n) is 8.26.